The van der Waals surface area contributed by atoms with E-state index in [-0.39, 0.29) is 6.54 Å². The minimum Gasteiger partial charge on any atom is -0.480 e. The number of nitrogens with one attached hydrogen (secondary N) is 1. The zero-order valence-electron chi connectivity index (χ0n) is 7.01. The van der Waals surface area contributed by atoms with Crippen LogP contribution in [-0.4, -0.2) is 31.9 Å². The van der Waals surface area contributed by atoms with Gasteiger partial charge in [-0.15, -0.1) is 0 Å². The summed E-state index contributed by atoms with van der Waals surface area (Å²) in [5.41, 5.74) is 3.74. The third-order valence-electron chi connectivity index (χ3n) is 1.47. The molecule has 76 valence electrons. The highest BCUT2D eigenvalue weighted by molar-refractivity contribution is 5.72. The number of hydrogen-bond acceptors (Lipinski definition) is 5. The predicted octanol–water partition coefficient (Wildman–Crippen LogP) is -2.66. The minimum atomic E-state index is -1.25. The van der Waals surface area contributed by atoms with Crippen LogP contribution in [-0.2, 0) is 11.3 Å². The molecule has 0 radical (unpaired) electrons. The van der Waals surface area contributed by atoms with Gasteiger partial charge in [-0.25, -0.2) is 9.48 Å². The first-order valence-electron chi connectivity index (χ1n) is 3.65. The maximum Gasteiger partial charge on any atom is 0.344 e. The fraction of sp³-hybridized carbons (Fsp3) is 0.333. The molecule has 0 aromatic carbocycles. The summed E-state index contributed by atoms with van der Waals surface area (Å²) in [6.07, 6.45) is 0.871. The smallest absolute Gasteiger partial charge is 0.344 e. The number of carboxylic acid groups (broad SMARTS) is 1. The first kappa shape index (κ1) is 10.1. The van der Waals surface area contributed by atoms with Crippen LogP contribution in [0.4, 0.5) is 0 Å². The van der Waals surface area contributed by atoms with Crippen LogP contribution in [0.2, 0.25) is 0 Å². The number of aromatic nitrogens is 3. The Hall–Kier alpha value is -1.96. The third kappa shape index (κ3) is 2.26. The monoisotopic (exact) mass is 200 g/mol. The average Bonchev–Trinajstić information content (AvgIpc) is 2.09. The molecule has 0 fully saturated rings. The van der Waals surface area contributed by atoms with Gasteiger partial charge in [0, 0.05) is 0 Å². The summed E-state index contributed by atoms with van der Waals surface area (Å²) < 4.78 is 0.778. The van der Waals surface area contributed by atoms with Crippen LogP contribution in [0.1, 0.15) is 0 Å². The molecule has 1 atom stereocenters. The summed E-state index contributed by atoms with van der Waals surface area (Å²) in [4.78, 5) is 33.8. The van der Waals surface area contributed by atoms with Gasteiger partial charge in [-0.3, -0.25) is 14.6 Å². The molecule has 1 aromatic rings. The first-order valence-corrected chi connectivity index (χ1v) is 3.65. The zero-order valence-corrected chi connectivity index (χ0v) is 7.01. The van der Waals surface area contributed by atoms with Gasteiger partial charge in [-0.1, -0.05) is 0 Å². The Morgan fingerprint density at radius 3 is 2.86 bits per heavy atom. The summed E-state index contributed by atoms with van der Waals surface area (Å²) >= 11 is 0. The van der Waals surface area contributed by atoms with E-state index in [1.807, 2.05) is 4.98 Å². The van der Waals surface area contributed by atoms with E-state index in [0.29, 0.717) is 0 Å². The molecule has 0 bridgehead atoms. The van der Waals surface area contributed by atoms with Crippen molar-refractivity contribution in [2.75, 3.05) is 0 Å². The summed E-state index contributed by atoms with van der Waals surface area (Å²) in [6, 6.07) is -1.23. The minimum absolute atomic E-state index is 0.287. The molecule has 0 unspecified atom stereocenters. The van der Waals surface area contributed by atoms with E-state index >= 15 is 0 Å². The van der Waals surface area contributed by atoms with E-state index < -0.39 is 23.3 Å². The van der Waals surface area contributed by atoms with Crippen LogP contribution < -0.4 is 17.0 Å². The first-order chi connectivity index (χ1) is 6.50. The molecule has 0 saturated heterocycles. The molecule has 1 heterocycles. The van der Waals surface area contributed by atoms with Crippen molar-refractivity contribution in [2.24, 2.45) is 5.73 Å². The zero-order chi connectivity index (χ0) is 10.7. The van der Waals surface area contributed by atoms with Gasteiger partial charge in [0.25, 0.3) is 5.56 Å². The molecule has 1 aromatic heterocycles. The molecule has 0 aliphatic rings. The molecule has 14 heavy (non-hydrogen) atoms. The lowest BCUT2D eigenvalue weighted by Gasteiger charge is -2.06. The van der Waals surface area contributed by atoms with Crippen molar-refractivity contribution >= 4 is 5.97 Å². The highest BCUT2D eigenvalue weighted by Gasteiger charge is 2.13. The van der Waals surface area contributed by atoms with Crippen molar-refractivity contribution in [1.82, 2.24) is 14.8 Å². The number of H-pyrrole nitrogens is 1. The van der Waals surface area contributed by atoms with Gasteiger partial charge >= 0.3 is 11.7 Å². The van der Waals surface area contributed by atoms with Crippen molar-refractivity contribution in [1.29, 1.82) is 0 Å². The Balaban J connectivity index is 2.93. The quantitative estimate of drug-likeness (QED) is 0.488. The van der Waals surface area contributed by atoms with E-state index in [4.69, 9.17) is 10.8 Å². The Morgan fingerprint density at radius 1 is 1.71 bits per heavy atom. The van der Waals surface area contributed by atoms with Crippen LogP contribution in [0.25, 0.3) is 0 Å². The molecule has 0 amide bonds. The highest BCUT2D eigenvalue weighted by atomic mass is 16.4. The van der Waals surface area contributed by atoms with Crippen LogP contribution >= 0.6 is 0 Å². The van der Waals surface area contributed by atoms with Crippen LogP contribution in [0, 0.1) is 0 Å². The van der Waals surface area contributed by atoms with Gasteiger partial charge in [0.1, 0.15) is 12.2 Å². The van der Waals surface area contributed by atoms with Crippen LogP contribution in [0.3, 0.4) is 0 Å². The number of hydrogen-bond donors (Lipinski definition) is 3. The van der Waals surface area contributed by atoms with Crippen LogP contribution in [0.15, 0.2) is 15.8 Å². The fourth-order valence-electron chi connectivity index (χ4n) is 0.771. The number of aromatic amines is 1. The second kappa shape index (κ2) is 3.83. The maximum absolute atomic E-state index is 11.0. The molecule has 0 aliphatic carbocycles. The predicted molar refractivity (Wildman–Crippen MR) is 44.7 cm³/mol. The molecule has 0 aliphatic heterocycles. The largest absolute Gasteiger partial charge is 0.480 e. The summed E-state index contributed by atoms with van der Waals surface area (Å²) in [5, 5.41) is 11.9. The van der Waals surface area contributed by atoms with E-state index in [2.05, 4.69) is 5.10 Å². The van der Waals surface area contributed by atoms with Crippen molar-refractivity contribution in [3.8, 4) is 0 Å². The van der Waals surface area contributed by atoms with E-state index in [0.717, 1.165) is 10.9 Å². The second-order valence-electron chi connectivity index (χ2n) is 2.57. The van der Waals surface area contributed by atoms with Gasteiger partial charge in [-0.05, 0) is 0 Å². The summed E-state index contributed by atoms with van der Waals surface area (Å²) in [6.45, 7) is -0.287. The normalized spacial score (nSPS) is 12.4. The average molecular weight is 200 g/mol. The standard InChI is InChI=1S/C6H8N4O4/c7-3(5(12)13)2-10-6(14)9-4(11)1-8-10/h1,3H,2,7H2,(H,12,13)(H,9,11,14)/t3-/m1/s1. The Morgan fingerprint density at radius 2 is 2.36 bits per heavy atom. The lowest BCUT2D eigenvalue weighted by Crippen LogP contribution is -2.41. The number of nitrogens with two attached hydrogens (primary N) is 1. The molecule has 1 rings (SSSR count). The van der Waals surface area contributed by atoms with Gasteiger partial charge in [0.2, 0.25) is 0 Å². The molecule has 0 saturated carbocycles. The Kier molecular flexibility index (Phi) is 2.77. The molecule has 8 heteroatoms. The summed E-state index contributed by atoms with van der Waals surface area (Å²) in [7, 11) is 0. The third-order valence-corrected chi connectivity index (χ3v) is 1.47. The van der Waals surface area contributed by atoms with Crippen molar-refractivity contribution in [2.45, 2.75) is 12.6 Å². The number of nitrogens with zero attached hydrogens (tertiary/aromatic N) is 2. The molecule has 4 N–H and O–H groups in total. The Labute approximate surface area is 77.0 Å². The summed E-state index contributed by atoms with van der Waals surface area (Å²) in [5.74, 6) is -1.25. The van der Waals surface area contributed by atoms with Gasteiger partial charge in [0.15, 0.2) is 0 Å². The molecule has 8 nitrogen and oxygen atoms in total. The van der Waals surface area contributed by atoms with Gasteiger partial charge < -0.3 is 10.8 Å². The second-order valence-corrected chi connectivity index (χ2v) is 2.57. The van der Waals surface area contributed by atoms with E-state index in [1.165, 1.54) is 0 Å². The van der Waals surface area contributed by atoms with Gasteiger partial charge in [0.05, 0.1) is 6.54 Å². The maximum atomic E-state index is 11.0. The molecular formula is C6H8N4O4. The number of aliphatic carboxylic acids is 1. The van der Waals surface area contributed by atoms with Gasteiger partial charge in [-0.2, -0.15) is 5.10 Å². The molecular weight excluding hydrogens is 192 g/mol. The topological polar surface area (TPSA) is 131 Å². The molecule has 0 spiro atoms. The van der Waals surface area contributed by atoms with Crippen LogP contribution in [0.5, 0.6) is 0 Å². The Bertz CT molecular complexity index is 448. The SMILES string of the molecule is N[C@H](Cn1ncc(=O)[nH]c1=O)C(=O)O. The fourth-order valence-corrected chi connectivity index (χ4v) is 0.771. The van der Waals surface area contributed by atoms with Crippen molar-refractivity contribution in [3.63, 3.8) is 0 Å². The highest BCUT2D eigenvalue weighted by Crippen LogP contribution is 1.81. The lowest BCUT2D eigenvalue weighted by atomic mass is 10.3. The lowest BCUT2D eigenvalue weighted by molar-refractivity contribution is -0.138. The van der Waals surface area contributed by atoms with E-state index in [1.54, 1.807) is 0 Å². The van der Waals surface area contributed by atoms with Crippen molar-refractivity contribution < 1.29 is 9.90 Å². The number of rotatable bonds is 3. The number of carbonyl (C=O) groups is 1. The number of carboxylic acids is 1. The van der Waals surface area contributed by atoms with Crippen molar-refractivity contribution in [3.05, 3.63) is 27.0 Å². The van der Waals surface area contributed by atoms with E-state index in [9.17, 15) is 14.4 Å².